The van der Waals surface area contributed by atoms with Crippen LogP contribution in [0.1, 0.15) is 39.0 Å². The summed E-state index contributed by atoms with van der Waals surface area (Å²) in [4.78, 5) is 8.06. The second-order valence-corrected chi connectivity index (χ2v) is 4.61. The van der Waals surface area contributed by atoms with E-state index in [-0.39, 0.29) is 0 Å². The predicted octanol–water partition coefficient (Wildman–Crippen LogP) is 2.87. The van der Waals surface area contributed by atoms with Crippen molar-refractivity contribution in [2.45, 2.75) is 39.0 Å². The molecule has 0 aliphatic carbocycles. The van der Waals surface area contributed by atoms with Crippen LogP contribution in [0, 0.1) is 0 Å². The van der Waals surface area contributed by atoms with Gasteiger partial charge in [0.2, 0.25) is 11.8 Å². The first kappa shape index (κ1) is 14.2. The Labute approximate surface area is 110 Å². The highest BCUT2D eigenvalue weighted by Gasteiger charge is 2.05. The zero-order valence-corrected chi connectivity index (χ0v) is 11.7. The van der Waals surface area contributed by atoms with Gasteiger partial charge in [-0.15, -0.1) is 0 Å². The number of rotatable bonds is 8. The number of nitrogens with two attached hydrogens (primary N) is 1. The maximum atomic E-state index is 5.57. The van der Waals surface area contributed by atoms with E-state index in [4.69, 9.17) is 10.6 Å². The maximum absolute atomic E-state index is 5.57. The van der Waals surface area contributed by atoms with Gasteiger partial charge in [0.15, 0.2) is 0 Å². The third-order valence-corrected chi connectivity index (χ3v) is 2.87. The molecule has 0 aliphatic rings. The fourth-order valence-electron chi connectivity index (χ4n) is 1.40. The third-order valence-electron chi connectivity index (χ3n) is 2.33. The van der Waals surface area contributed by atoms with Crippen molar-refractivity contribution >= 4 is 21.9 Å². The highest BCUT2D eigenvalue weighted by Crippen LogP contribution is 2.22. The molecule has 0 amide bonds. The summed E-state index contributed by atoms with van der Waals surface area (Å²) in [6, 6.07) is 0. The topological polar surface area (TPSA) is 73.1 Å². The van der Waals surface area contributed by atoms with E-state index in [0.717, 1.165) is 10.9 Å². The predicted molar refractivity (Wildman–Crippen MR) is 71.8 cm³/mol. The molecule has 0 saturated carbocycles. The lowest BCUT2D eigenvalue weighted by Crippen LogP contribution is -2.11. The van der Waals surface area contributed by atoms with Crippen LogP contribution >= 0.6 is 15.9 Å². The summed E-state index contributed by atoms with van der Waals surface area (Å²) in [5.74, 6) is 6.12. The van der Waals surface area contributed by atoms with Crippen LogP contribution in [0.15, 0.2) is 10.7 Å². The van der Waals surface area contributed by atoms with E-state index < -0.39 is 0 Å². The molecular formula is C11H19BrN4O. The Bertz CT molecular complexity index is 335. The average molecular weight is 303 g/mol. The molecule has 0 fully saturated rings. The van der Waals surface area contributed by atoms with Crippen molar-refractivity contribution in [2.75, 3.05) is 12.0 Å². The Morgan fingerprint density at radius 2 is 2.12 bits per heavy atom. The molecule has 1 aromatic heterocycles. The second-order valence-electron chi connectivity index (χ2n) is 3.75. The standard InChI is InChI=1S/C11H19BrN4O/c1-2-3-4-5-6-7-17-10-9(12)8-14-11(15-10)16-13/h8H,2-7,13H2,1H3,(H,14,15,16). The number of halogens is 1. The fourth-order valence-corrected chi connectivity index (χ4v) is 1.70. The molecule has 17 heavy (non-hydrogen) atoms. The van der Waals surface area contributed by atoms with Crippen molar-refractivity contribution < 1.29 is 4.74 Å². The number of aromatic nitrogens is 2. The molecule has 0 radical (unpaired) electrons. The zero-order chi connectivity index (χ0) is 12.5. The minimum Gasteiger partial charge on any atom is -0.477 e. The van der Waals surface area contributed by atoms with E-state index in [1.165, 1.54) is 25.7 Å². The van der Waals surface area contributed by atoms with E-state index in [2.05, 4.69) is 38.2 Å². The minimum atomic E-state index is 0.356. The van der Waals surface area contributed by atoms with Crippen molar-refractivity contribution in [1.29, 1.82) is 0 Å². The number of hydrogen-bond donors (Lipinski definition) is 2. The molecule has 3 N–H and O–H groups in total. The van der Waals surface area contributed by atoms with Crippen LogP contribution in [0.25, 0.3) is 0 Å². The zero-order valence-electron chi connectivity index (χ0n) is 10.1. The van der Waals surface area contributed by atoms with Crippen molar-refractivity contribution in [3.8, 4) is 5.88 Å². The second kappa shape index (κ2) is 8.25. The highest BCUT2D eigenvalue weighted by atomic mass is 79.9. The number of nitrogens with one attached hydrogen (secondary N) is 1. The molecule has 0 spiro atoms. The minimum absolute atomic E-state index is 0.356. The van der Waals surface area contributed by atoms with Gasteiger partial charge in [0, 0.05) is 0 Å². The molecule has 1 rings (SSSR count). The number of anilines is 1. The van der Waals surface area contributed by atoms with Gasteiger partial charge >= 0.3 is 0 Å². The molecule has 0 unspecified atom stereocenters. The maximum Gasteiger partial charge on any atom is 0.240 e. The van der Waals surface area contributed by atoms with Crippen molar-refractivity contribution in [1.82, 2.24) is 9.97 Å². The van der Waals surface area contributed by atoms with Crippen LogP contribution in [-0.4, -0.2) is 16.6 Å². The van der Waals surface area contributed by atoms with Crippen molar-refractivity contribution in [3.05, 3.63) is 10.7 Å². The molecular weight excluding hydrogens is 284 g/mol. The SMILES string of the molecule is CCCCCCCOc1nc(NN)ncc1Br. The molecule has 5 nitrogen and oxygen atoms in total. The Morgan fingerprint density at radius 3 is 2.82 bits per heavy atom. The number of nitrogen functional groups attached to an aromatic ring is 1. The van der Waals surface area contributed by atoms with Gasteiger partial charge in [0.1, 0.15) is 0 Å². The number of hydrazine groups is 1. The molecule has 6 heteroatoms. The van der Waals surface area contributed by atoms with Gasteiger partial charge in [-0.25, -0.2) is 10.8 Å². The summed E-state index contributed by atoms with van der Waals surface area (Å²) in [5.41, 5.74) is 2.39. The summed E-state index contributed by atoms with van der Waals surface area (Å²) in [6.45, 7) is 2.87. The largest absolute Gasteiger partial charge is 0.477 e. The van der Waals surface area contributed by atoms with Gasteiger partial charge in [0.25, 0.3) is 0 Å². The van der Waals surface area contributed by atoms with Crippen LogP contribution < -0.4 is 16.0 Å². The normalized spacial score (nSPS) is 10.3. The lowest BCUT2D eigenvalue weighted by atomic mass is 10.2. The van der Waals surface area contributed by atoms with Gasteiger partial charge in [-0.2, -0.15) is 4.98 Å². The smallest absolute Gasteiger partial charge is 0.240 e. The summed E-state index contributed by atoms with van der Waals surface area (Å²) >= 11 is 3.34. The third kappa shape index (κ3) is 5.32. The molecule has 0 aliphatic heterocycles. The number of hydrogen-bond acceptors (Lipinski definition) is 5. The van der Waals surface area contributed by atoms with E-state index in [0.29, 0.717) is 18.4 Å². The Balaban J connectivity index is 2.30. The van der Waals surface area contributed by atoms with Crippen LogP contribution in [0.5, 0.6) is 5.88 Å². The van der Waals surface area contributed by atoms with Crippen molar-refractivity contribution in [2.24, 2.45) is 5.84 Å². The van der Waals surface area contributed by atoms with Gasteiger partial charge in [-0.3, -0.25) is 5.43 Å². The van der Waals surface area contributed by atoms with E-state index in [9.17, 15) is 0 Å². The van der Waals surface area contributed by atoms with Gasteiger partial charge in [-0.1, -0.05) is 32.6 Å². The number of nitrogens with zero attached hydrogens (tertiary/aromatic N) is 2. The number of unbranched alkanes of at least 4 members (excludes halogenated alkanes) is 4. The highest BCUT2D eigenvalue weighted by molar-refractivity contribution is 9.10. The molecule has 0 atom stereocenters. The first-order valence-corrected chi connectivity index (χ1v) is 6.69. The van der Waals surface area contributed by atoms with E-state index in [1.807, 2.05) is 0 Å². The van der Waals surface area contributed by atoms with Gasteiger partial charge in [-0.05, 0) is 22.4 Å². The molecule has 0 saturated heterocycles. The number of ether oxygens (including phenoxy) is 1. The first-order chi connectivity index (χ1) is 8.27. The van der Waals surface area contributed by atoms with E-state index >= 15 is 0 Å². The first-order valence-electron chi connectivity index (χ1n) is 5.90. The summed E-state index contributed by atoms with van der Waals surface area (Å²) in [6.07, 6.45) is 7.66. The van der Waals surface area contributed by atoms with Crippen LogP contribution in [0.4, 0.5) is 5.95 Å². The van der Waals surface area contributed by atoms with Crippen LogP contribution in [0.3, 0.4) is 0 Å². The molecule has 0 bridgehead atoms. The molecule has 0 aromatic carbocycles. The molecule has 1 heterocycles. The van der Waals surface area contributed by atoms with Crippen LogP contribution in [-0.2, 0) is 0 Å². The lowest BCUT2D eigenvalue weighted by molar-refractivity contribution is 0.291. The Kier molecular flexibility index (Phi) is 6.88. The summed E-state index contributed by atoms with van der Waals surface area (Å²) < 4.78 is 6.31. The van der Waals surface area contributed by atoms with Crippen LogP contribution in [0.2, 0.25) is 0 Å². The lowest BCUT2D eigenvalue weighted by Gasteiger charge is -2.07. The van der Waals surface area contributed by atoms with Gasteiger partial charge < -0.3 is 4.74 Å². The average Bonchev–Trinajstić information content (AvgIpc) is 2.35. The quantitative estimate of drug-likeness (QED) is 0.439. The fraction of sp³-hybridized carbons (Fsp3) is 0.636. The molecule has 1 aromatic rings. The van der Waals surface area contributed by atoms with E-state index in [1.54, 1.807) is 6.20 Å². The summed E-state index contributed by atoms with van der Waals surface area (Å²) in [7, 11) is 0. The monoisotopic (exact) mass is 302 g/mol. The Morgan fingerprint density at radius 1 is 1.35 bits per heavy atom. The Hall–Kier alpha value is -0.880. The van der Waals surface area contributed by atoms with Gasteiger partial charge in [0.05, 0.1) is 17.3 Å². The summed E-state index contributed by atoms with van der Waals surface area (Å²) in [5, 5.41) is 0. The van der Waals surface area contributed by atoms with Crippen molar-refractivity contribution in [3.63, 3.8) is 0 Å². The molecule has 96 valence electrons.